The molecule has 0 aliphatic carbocycles. The molecule has 0 amide bonds. The van der Waals surface area contributed by atoms with E-state index in [9.17, 15) is 0 Å². The molecule has 1 heterocycles. The van der Waals surface area contributed by atoms with Crippen LogP contribution in [0, 0.1) is 6.92 Å². The molecule has 0 unspecified atom stereocenters. The summed E-state index contributed by atoms with van der Waals surface area (Å²) < 4.78 is 2.10. The molecule has 60 valence electrons. The minimum absolute atomic E-state index is 0.377. The maximum absolute atomic E-state index is 8.86. The Bertz CT molecular complexity index is 274. The van der Waals surface area contributed by atoms with E-state index in [1.807, 2.05) is 0 Å². The quantitative estimate of drug-likeness (QED) is 0.606. The Hall–Kier alpha value is -0.325. The summed E-state index contributed by atoms with van der Waals surface area (Å²) in [5.41, 5.74) is 0.377. The van der Waals surface area contributed by atoms with E-state index in [0.29, 0.717) is 10.2 Å². The zero-order chi connectivity index (χ0) is 8.59. The van der Waals surface area contributed by atoms with E-state index in [-0.39, 0.29) is 0 Å². The van der Waals surface area contributed by atoms with Gasteiger partial charge in [-0.3, -0.25) is 0 Å². The van der Waals surface area contributed by atoms with Gasteiger partial charge in [-0.05, 0) is 22.9 Å². The predicted molar refractivity (Wildman–Crippen MR) is 45.5 cm³/mol. The third kappa shape index (κ3) is 1.47. The number of imidazole rings is 1. The number of nitrogens with zero attached hydrogens (tertiary/aromatic N) is 2. The zero-order valence-corrected chi connectivity index (χ0v) is 7.83. The van der Waals surface area contributed by atoms with Gasteiger partial charge >= 0.3 is 7.12 Å². The molecule has 11 heavy (non-hydrogen) atoms. The SMILES string of the molecule is Cc1nc(Br)c(B(O)O)n1C. The fourth-order valence-electron chi connectivity index (χ4n) is 0.867. The van der Waals surface area contributed by atoms with Crippen molar-refractivity contribution in [2.75, 3.05) is 0 Å². The Morgan fingerprint density at radius 1 is 1.55 bits per heavy atom. The smallest absolute Gasteiger partial charge is 0.422 e. The first-order valence-electron chi connectivity index (χ1n) is 3.09. The summed E-state index contributed by atoms with van der Waals surface area (Å²) in [6.45, 7) is 1.79. The Morgan fingerprint density at radius 3 is 2.27 bits per heavy atom. The van der Waals surface area contributed by atoms with Crippen molar-refractivity contribution in [3.05, 3.63) is 10.4 Å². The van der Waals surface area contributed by atoms with Gasteiger partial charge in [0.2, 0.25) is 0 Å². The van der Waals surface area contributed by atoms with Crippen LogP contribution in [0.1, 0.15) is 5.82 Å². The molecule has 0 aliphatic rings. The Labute approximate surface area is 73.1 Å². The van der Waals surface area contributed by atoms with Crippen molar-refractivity contribution in [3.63, 3.8) is 0 Å². The molecule has 0 bridgehead atoms. The molecule has 0 saturated carbocycles. The topological polar surface area (TPSA) is 58.3 Å². The van der Waals surface area contributed by atoms with Crippen molar-refractivity contribution in [2.45, 2.75) is 6.92 Å². The number of aryl methyl sites for hydroxylation is 1. The van der Waals surface area contributed by atoms with Crippen molar-refractivity contribution >= 4 is 28.6 Å². The Balaban J connectivity index is 3.22. The van der Waals surface area contributed by atoms with E-state index in [0.717, 1.165) is 5.82 Å². The first-order valence-corrected chi connectivity index (χ1v) is 3.88. The second-order valence-corrected chi connectivity index (χ2v) is 3.02. The molecule has 0 spiro atoms. The average Bonchev–Trinajstić information content (AvgIpc) is 2.07. The largest absolute Gasteiger partial charge is 0.508 e. The van der Waals surface area contributed by atoms with Crippen molar-refractivity contribution in [3.8, 4) is 0 Å². The molecular formula is C5H8BBrN2O2. The molecule has 0 fully saturated rings. The second-order valence-electron chi connectivity index (χ2n) is 2.27. The van der Waals surface area contributed by atoms with Crippen molar-refractivity contribution in [1.82, 2.24) is 9.55 Å². The highest BCUT2D eigenvalue weighted by molar-refractivity contribution is 9.10. The molecule has 1 aromatic rings. The molecule has 0 saturated heterocycles. The summed E-state index contributed by atoms with van der Waals surface area (Å²) >= 11 is 3.12. The minimum atomic E-state index is -1.48. The molecular weight excluding hydrogens is 211 g/mol. The fraction of sp³-hybridized carbons (Fsp3) is 0.400. The number of hydrogen-bond donors (Lipinski definition) is 2. The molecule has 1 aromatic heterocycles. The number of rotatable bonds is 1. The van der Waals surface area contributed by atoms with E-state index in [4.69, 9.17) is 10.0 Å². The first kappa shape index (κ1) is 8.77. The zero-order valence-electron chi connectivity index (χ0n) is 6.24. The number of aromatic nitrogens is 2. The summed E-state index contributed by atoms with van der Waals surface area (Å²) in [6, 6.07) is 0. The number of hydrogen-bond acceptors (Lipinski definition) is 3. The first-order chi connectivity index (χ1) is 5.04. The van der Waals surface area contributed by atoms with E-state index < -0.39 is 7.12 Å². The van der Waals surface area contributed by atoms with Gasteiger partial charge < -0.3 is 14.6 Å². The van der Waals surface area contributed by atoms with Gasteiger partial charge in [-0.25, -0.2) is 4.98 Å². The average molecular weight is 219 g/mol. The maximum atomic E-state index is 8.86. The summed E-state index contributed by atoms with van der Waals surface area (Å²) in [6.07, 6.45) is 0. The fourth-order valence-corrected chi connectivity index (χ4v) is 1.59. The normalized spacial score (nSPS) is 10.3. The third-order valence-electron chi connectivity index (χ3n) is 1.56. The van der Waals surface area contributed by atoms with Crippen LogP contribution in [0.4, 0.5) is 0 Å². The van der Waals surface area contributed by atoms with Gasteiger partial charge in [0, 0.05) is 7.05 Å². The van der Waals surface area contributed by atoms with Gasteiger partial charge in [-0.2, -0.15) is 0 Å². The van der Waals surface area contributed by atoms with Crippen molar-refractivity contribution in [1.29, 1.82) is 0 Å². The van der Waals surface area contributed by atoms with Crippen LogP contribution in [-0.2, 0) is 7.05 Å². The molecule has 0 radical (unpaired) electrons. The van der Waals surface area contributed by atoms with Crippen LogP contribution >= 0.6 is 15.9 Å². The van der Waals surface area contributed by atoms with Crippen molar-refractivity contribution < 1.29 is 10.0 Å². The van der Waals surface area contributed by atoms with Gasteiger partial charge in [0.1, 0.15) is 10.4 Å². The van der Waals surface area contributed by atoms with Crippen LogP contribution in [-0.4, -0.2) is 26.7 Å². The summed E-state index contributed by atoms with van der Waals surface area (Å²) in [7, 11) is 0.248. The van der Waals surface area contributed by atoms with Crippen LogP contribution in [0.25, 0.3) is 0 Å². The lowest BCUT2D eigenvalue weighted by Crippen LogP contribution is -2.36. The molecule has 2 N–H and O–H groups in total. The second kappa shape index (κ2) is 2.96. The van der Waals surface area contributed by atoms with E-state index >= 15 is 0 Å². The minimum Gasteiger partial charge on any atom is -0.422 e. The van der Waals surface area contributed by atoms with E-state index in [1.54, 1.807) is 18.5 Å². The molecule has 1 rings (SSSR count). The van der Waals surface area contributed by atoms with Crippen LogP contribution < -0.4 is 5.59 Å². The maximum Gasteiger partial charge on any atom is 0.508 e. The van der Waals surface area contributed by atoms with Gasteiger partial charge in [0.05, 0.1) is 5.59 Å². The highest BCUT2D eigenvalue weighted by atomic mass is 79.9. The molecule has 0 aromatic carbocycles. The highest BCUT2D eigenvalue weighted by Crippen LogP contribution is 2.05. The van der Waals surface area contributed by atoms with Crippen LogP contribution in [0.2, 0.25) is 0 Å². The lowest BCUT2D eigenvalue weighted by atomic mass is 9.87. The lowest BCUT2D eigenvalue weighted by molar-refractivity contribution is 0.422. The van der Waals surface area contributed by atoms with Crippen LogP contribution in [0.3, 0.4) is 0 Å². The predicted octanol–water partition coefficient (Wildman–Crippen LogP) is -0.829. The Kier molecular flexibility index (Phi) is 2.36. The number of halogens is 1. The van der Waals surface area contributed by atoms with E-state index in [1.165, 1.54) is 0 Å². The lowest BCUT2D eigenvalue weighted by Gasteiger charge is -2.00. The molecule has 0 aliphatic heterocycles. The van der Waals surface area contributed by atoms with E-state index in [2.05, 4.69) is 20.9 Å². The standard InChI is InChI=1S/C5H8BBrN2O2/c1-3-8-5(7)4(6(10)11)9(3)2/h10-11H,1-2H3. The van der Waals surface area contributed by atoms with Crippen molar-refractivity contribution in [2.24, 2.45) is 7.05 Å². The highest BCUT2D eigenvalue weighted by Gasteiger charge is 2.21. The molecule has 4 nitrogen and oxygen atoms in total. The van der Waals surface area contributed by atoms with Gasteiger partial charge in [0.15, 0.2) is 0 Å². The molecule has 6 heteroatoms. The van der Waals surface area contributed by atoms with Crippen LogP contribution in [0.15, 0.2) is 4.60 Å². The van der Waals surface area contributed by atoms with Gasteiger partial charge in [-0.15, -0.1) is 0 Å². The third-order valence-corrected chi connectivity index (χ3v) is 2.15. The summed E-state index contributed by atoms with van der Waals surface area (Å²) in [5.74, 6) is 0.736. The summed E-state index contributed by atoms with van der Waals surface area (Å²) in [4.78, 5) is 3.99. The Morgan fingerprint density at radius 2 is 2.09 bits per heavy atom. The van der Waals surface area contributed by atoms with Crippen LogP contribution in [0.5, 0.6) is 0 Å². The molecule has 0 atom stereocenters. The monoisotopic (exact) mass is 218 g/mol. The summed E-state index contributed by atoms with van der Waals surface area (Å²) in [5, 5.41) is 17.7. The van der Waals surface area contributed by atoms with Gasteiger partial charge in [0.25, 0.3) is 0 Å². The van der Waals surface area contributed by atoms with Gasteiger partial charge in [-0.1, -0.05) is 0 Å².